The number of aromatic nitrogens is 2. The first-order valence-electron chi connectivity index (χ1n) is 10.3. The first-order valence-corrected chi connectivity index (χ1v) is 10.3. The Morgan fingerprint density at radius 1 is 0.871 bits per heavy atom. The van der Waals surface area contributed by atoms with Crippen molar-refractivity contribution in [3.8, 4) is 0 Å². The smallest absolute Gasteiger partial charge is 0.255 e. The highest BCUT2D eigenvalue weighted by molar-refractivity contribution is 6.05. The van der Waals surface area contributed by atoms with Crippen LogP contribution in [0.15, 0.2) is 54.6 Å². The topological polar surface area (TPSA) is 87.2 Å². The first kappa shape index (κ1) is 22.0. The van der Waals surface area contributed by atoms with E-state index in [-0.39, 0.29) is 11.7 Å². The molecule has 0 radical (unpaired) electrons. The average molecular weight is 418 g/mol. The Bertz CT molecular complexity index is 1060. The number of hydrogen-bond donors (Lipinski definition) is 2. The maximum Gasteiger partial charge on any atom is 0.255 e. The van der Waals surface area contributed by atoms with E-state index in [9.17, 15) is 9.59 Å². The highest BCUT2D eigenvalue weighted by Gasteiger charge is 2.09. The van der Waals surface area contributed by atoms with Crippen molar-refractivity contribution in [2.75, 3.05) is 28.6 Å². The van der Waals surface area contributed by atoms with Gasteiger partial charge in [0, 0.05) is 47.4 Å². The molecule has 2 N–H and O–H groups in total. The van der Waals surface area contributed by atoms with Crippen LogP contribution in [0.25, 0.3) is 0 Å². The molecule has 2 aromatic carbocycles. The molecule has 7 nitrogen and oxygen atoms in total. The van der Waals surface area contributed by atoms with Crippen molar-refractivity contribution >= 4 is 34.8 Å². The predicted octanol–water partition coefficient (Wildman–Crippen LogP) is 4.83. The maximum absolute atomic E-state index is 12.4. The van der Waals surface area contributed by atoms with Gasteiger partial charge in [0.2, 0.25) is 5.95 Å². The third kappa shape index (κ3) is 5.66. The van der Waals surface area contributed by atoms with Gasteiger partial charge in [-0.1, -0.05) is 12.1 Å². The first-order chi connectivity index (χ1) is 14.9. The summed E-state index contributed by atoms with van der Waals surface area (Å²) in [4.78, 5) is 35.0. The zero-order valence-electron chi connectivity index (χ0n) is 18.3. The molecule has 0 fully saturated rings. The molecule has 160 valence electrons. The van der Waals surface area contributed by atoms with Crippen LogP contribution in [-0.2, 0) is 0 Å². The van der Waals surface area contributed by atoms with Gasteiger partial charge in [0.25, 0.3) is 5.91 Å². The molecule has 0 aliphatic rings. The number of nitrogens with one attached hydrogen (secondary N) is 2. The van der Waals surface area contributed by atoms with Gasteiger partial charge in [-0.3, -0.25) is 9.59 Å². The van der Waals surface area contributed by atoms with E-state index >= 15 is 0 Å². The minimum absolute atomic E-state index is 0.0307. The molecule has 31 heavy (non-hydrogen) atoms. The van der Waals surface area contributed by atoms with E-state index < -0.39 is 0 Å². The van der Waals surface area contributed by atoms with Crippen molar-refractivity contribution in [3.63, 3.8) is 0 Å². The third-order valence-electron chi connectivity index (χ3n) is 4.88. The highest BCUT2D eigenvalue weighted by atomic mass is 16.1. The Morgan fingerprint density at radius 2 is 1.45 bits per heavy atom. The lowest BCUT2D eigenvalue weighted by atomic mass is 10.1. The molecule has 1 amide bonds. The standard InChI is InChI=1S/C24H27N5O2/c1-5-29(6-2)22-15-16(3)25-24(28-22)27-21-13-11-20(12-14-21)26-23(31)19-9-7-18(8-10-19)17(4)30/h7-15H,5-6H2,1-4H3,(H,26,31)(H,25,27,28). The second-order valence-electron chi connectivity index (χ2n) is 7.15. The number of aryl methyl sites for hydroxylation is 1. The number of carbonyl (C=O) groups is 2. The predicted molar refractivity (Wildman–Crippen MR) is 124 cm³/mol. The zero-order valence-corrected chi connectivity index (χ0v) is 18.3. The lowest BCUT2D eigenvalue weighted by molar-refractivity contribution is 0.101. The van der Waals surface area contributed by atoms with Gasteiger partial charge in [0.15, 0.2) is 5.78 Å². The number of Topliss-reactive ketones (excluding diaryl/α,β-unsaturated/α-hetero) is 1. The highest BCUT2D eigenvalue weighted by Crippen LogP contribution is 2.20. The number of nitrogens with zero attached hydrogens (tertiary/aromatic N) is 3. The Labute approximate surface area is 182 Å². The summed E-state index contributed by atoms with van der Waals surface area (Å²) >= 11 is 0. The second kappa shape index (κ2) is 9.84. The fourth-order valence-electron chi connectivity index (χ4n) is 3.14. The van der Waals surface area contributed by atoms with Crippen molar-refractivity contribution in [3.05, 3.63) is 71.4 Å². The zero-order chi connectivity index (χ0) is 22.4. The van der Waals surface area contributed by atoms with Crippen LogP contribution in [0.3, 0.4) is 0 Å². The summed E-state index contributed by atoms with van der Waals surface area (Å²) in [6, 6.07) is 15.9. The molecular weight excluding hydrogens is 390 g/mol. The fraction of sp³-hybridized carbons (Fsp3) is 0.250. The monoisotopic (exact) mass is 417 g/mol. The molecular formula is C24H27N5O2. The van der Waals surface area contributed by atoms with Gasteiger partial charge in [-0.2, -0.15) is 4.98 Å². The second-order valence-corrected chi connectivity index (χ2v) is 7.15. The van der Waals surface area contributed by atoms with Crippen molar-refractivity contribution < 1.29 is 9.59 Å². The molecule has 0 aliphatic heterocycles. The van der Waals surface area contributed by atoms with Crippen LogP contribution in [0.4, 0.5) is 23.1 Å². The number of anilines is 4. The molecule has 0 bridgehead atoms. The molecule has 0 unspecified atom stereocenters. The molecule has 7 heteroatoms. The minimum atomic E-state index is -0.235. The summed E-state index contributed by atoms with van der Waals surface area (Å²) < 4.78 is 0. The van der Waals surface area contributed by atoms with E-state index in [1.807, 2.05) is 37.3 Å². The lowest BCUT2D eigenvalue weighted by Crippen LogP contribution is -2.23. The minimum Gasteiger partial charge on any atom is -0.357 e. The van der Waals surface area contributed by atoms with Crippen molar-refractivity contribution in [1.29, 1.82) is 0 Å². The summed E-state index contributed by atoms with van der Waals surface area (Å²) in [5, 5.41) is 6.08. The van der Waals surface area contributed by atoms with Crippen molar-refractivity contribution in [1.82, 2.24) is 9.97 Å². The number of ketones is 1. The third-order valence-corrected chi connectivity index (χ3v) is 4.88. The SMILES string of the molecule is CCN(CC)c1cc(C)nc(Nc2ccc(NC(=O)c3ccc(C(C)=O)cc3)cc2)n1. The number of carbonyl (C=O) groups excluding carboxylic acids is 2. The van der Waals surface area contributed by atoms with Gasteiger partial charge >= 0.3 is 0 Å². The van der Waals surface area contributed by atoms with Crippen LogP contribution < -0.4 is 15.5 Å². The summed E-state index contributed by atoms with van der Waals surface area (Å²) in [6.45, 7) is 9.38. The van der Waals surface area contributed by atoms with E-state index in [1.165, 1.54) is 6.92 Å². The van der Waals surface area contributed by atoms with E-state index in [1.54, 1.807) is 24.3 Å². The van der Waals surface area contributed by atoms with E-state index in [0.717, 1.165) is 30.3 Å². The van der Waals surface area contributed by atoms with Crippen LogP contribution >= 0.6 is 0 Å². The Hall–Kier alpha value is -3.74. The lowest BCUT2D eigenvalue weighted by Gasteiger charge is -2.20. The summed E-state index contributed by atoms with van der Waals surface area (Å²) in [7, 11) is 0. The molecule has 0 atom stereocenters. The molecule has 1 heterocycles. The maximum atomic E-state index is 12.4. The normalized spacial score (nSPS) is 10.5. The number of rotatable bonds is 8. The van der Waals surface area contributed by atoms with Gasteiger partial charge in [0.05, 0.1) is 0 Å². The summed E-state index contributed by atoms with van der Waals surface area (Å²) in [5.74, 6) is 1.16. The Kier molecular flexibility index (Phi) is 6.97. The van der Waals surface area contributed by atoms with E-state index in [4.69, 9.17) is 0 Å². The molecule has 0 saturated carbocycles. The van der Waals surface area contributed by atoms with E-state index in [2.05, 4.69) is 39.3 Å². The number of hydrogen-bond acceptors (Lipinski definition) is 6. The Balaban J connectivity index is 1.68. The van der Waals surface area contributed by atoms with Crippen LogP contribution in [0.1, 0.15) is 47.2 Å². The molecule has 1 aromatic heterocycles. The molecule has 3 aromatic rings. The van der Waals surface area contributed by atoms with Crippen LogP contribution in [0, 0.1) is 6.92 Å². The number of benzene rings is 2. The number of amides is 1. The molecule has 0 spiro atoms. The van der Waals surface area contributed by atoms with Crippen molar-refractivity contribution in [2.24, 2.45) is 0 Å². The average Bonchev–Trinajstić information content (AvgIpc) is 2.75. The van der Waals surface area contributed by atoms with Gasteiger partial charge in [0.1, 0.15) is 5.82 Å². The van der Waals surface area contributed by atoms with Gasteiger partial charge in [-0.15, -0.1) is 0 Å². The molecule has 0 saturated heterocycles. The van der Waals surface area contributed by atoms with Crippen LogP contribution in [0.5, 0.6) is 0 Å². The molecule has 3 rings (SSSR count). The fourth-order valence-corrected chi connectivity index (χ4v) is 3.14. The summed E-state index contributed by atoms with van der Waals surface area (Å²) in [6.07, 6.45) is 0. The van der Waals surface area contributed by atoms with Crippen LogP contribution in [0.2, 0.25) is 0 Å². The molecule has 0 aliphatic carbocycles. The van der Waals surface area contributed by atoms with Gasteiger partial charge < -0.3 is 15.5 Å². The van der Waals surface area contributed by atoms with E-state index in [0.29, 0.717) is 22.8 Å². The van der Waals surface area contributed by atoms with Gasteiger partial charge in [-0.25, -0.2) is 4.98 Å². The largest absolute Gasteiger partial charge is 0.357 e. The summed E-state index contributed by atoms with van der Waals surface area (Å²) in [5.41, 5.74) is 3.44. The van der Waals surface area contributed by atoms with Gasteiger partial charge in [-0.05, 0) is 64.1 Å². The Morgan fingerprint density at radius 3 is 2.03 bits per heavy atom. The quantitative estimate of drug-likeness (QED) is 0.511. The van der Waals surface area contributed by atoms with Crippen molar-refractivity contribution in [2.45, 2.75) is 27.7 Å². The van der Waals surface area contributed by atoms with Crippen LogP contribution in [-0.4, -0.2) is 34.7 Å².